The van der Waals surface area contributed by atoms with Gasteiger partial charge in [0.25, 0.3) is 0 Å². The molecule has 528 valence electrons. The summed E-state index contributed by atoms with van der Waals surface area (Å²) in [6.07, 6.45) is 81.8. The molecule has 0 saturated heterocycles. The lowest BCUT2D eigenvalue weighted by Crippen LogP contribution is -2.30. The molecule has 0 radical (unpaired) electrons. The van der Waals surface area contributed by atoms with Gasteiger partial charge >= 0.3 is 33.6 Å². The van der Waals surface area contributed by atoms with E-state index in [4.69, 9.17) is 32.3 Å². The Hall–Kier alpha value is -4.83. The second-order valence-electron chi connectivity index (χ2n) is 22.6. The lowest BCUT2D eigenvalue weighted by molar-refractivity contribution is -0.161. The van der Waals surface area contributed by atoms with E-state index in [0.717, 1.165) is 141 Å². The van der Waals surface area contributed by atoms with Crippen LogP contribution < -0.4 is 0 Å². The first-order valence-corrected chi connectivity index (χ1v) is 37.8. The largest absolute Gasteiger partial charge is 0.472 e. The summed E-state index contributed by atoms with van der Waals surface area (Å²) in [6, 6.07) is 0. The molecule has 16 nitrogen and oxygen atoms in total. The van der Waals surface area contributed by atoms with Crippen molar-refractivity contribution in [1.82, 2.24) is 0 Å². The Morgan fingerprint density at radius 3 is 0.978 bits per heavy atom. The SMILES string of the molecule is CC/C=C\C/C=C\C/C=C\C/C=C\C/C=C\C/C=C\CCCCCCCCCCC(=O)OCC(O)COP(=O)(O)OCC(O)COP(=O)(O)OCC(COC(=O)CC/C=C\C/C=C\C/C=C\C/C=C\C/C=C\C/C=C\CC)OC(=O)CCCCCCC/C=C\CCCC. The molecular weight excluding hydrogens is 1220 g/mol. The maximum absolute atomic E-state index is 12.9. The first-order chi connectivity index (χ1) is 45.2. The van der Waals surface area contributed by atoms with E-state index in [1.807, 2.05) is 18.2 Å². The van der Waals surface area contributed by atoms with E-state index in [0.29, 0.717) is 25.7 Å². The molecular formula is C75H122O16P2. The van der Waals surface area contributed by atoms with Gasteiger partial charge in [-0.25, -0.2) is 9.13 Å². The maximum Gasteiger partial charge on any atom is 0.472 e. The minimum Gasteiger partial charge on any atom is -0.463 e. The summed E-state index contributed by atoms with van der Waals surface area (Å²) in [5, 5.41) is 20.5. The van der Waals surface area contributed by atoms with Crippen LogP contribution in [-0.2, 0) is 55.8 Å². The molecule has 0 spiro atoms. The van der Waals surface area contributed by atoms with Crippen LogP contribution in [0.1, 0.15) is 239 Å². The molecule has 0 bridgehead atoms. The third kappa shape index (κ3) is 68.4. The lowest BCUT2D eigenvalue weighted by Gasteiger charge is -2.21. The standard InChI is InChI=1S/C75H122O16P2/c1-4-7-10-13-16-19-22-24-26-28-30-31-32-33-34-35-36-37-39-41-42-44-47-49-52-55-58-61-73(78)85-64-70(76)65-87-92(81,82)88-66-71(77)67-89-93(83,84)90-69-72(91-75(80)63-60-57-54-51-46-21-18-15-12-9-6-3)68-86-74(79)62-59-56-53-50-48-45-43-40-38-29-27-25-23-20-17-14-11-8-5-2/h7-8,10-11,15-20,24-27,30-31,33-34,36-38,40,45,48,53,56,70-72,76-77H,4-6,9,12-14,21-23,28-29,32,35,39,41-44,46-47,49-52,54-55,57-69H2,1-3H3,(H,81,82)(H,83,84)/b10-7-,11-8-,18-15-,19-16-,20-17-,26-24-,27-25-,31-30-,34-33-,37-36-,40-38-,48-45-,56-53-. The van der Waals surface area contributed by atoms with Crippen molar-refractivity contribution in [3.05, 3.63) is 158 Å². The van der Waals surface area contributed by atoms with Crippen LogP contribution in [0.15, 0.2) is 158 Å². The van der Waals surface area contributed by atoms with Crippen LogP contribution in [0.2, 0.25) is 0 Å². The molecule has 0 heterocycles. The Morgan fingerprint density at radius 2 is 0.591 bits per heavy atom. The monoisotopic (exact) mass is 1340 g/mol. The minimum atomic E-state index is -4.94. The second kappa shape index (κ2) is 67.2. The summed E-state index contributed by atoms with van der Waals surface area (Å²) in [4.78, 5) is 58.3. The quantitative estimate of drug-likeness (QED) is 0.0146. The molecule has 5 unspecified atom stereocenters. The van der Waals surface area contributed by atoms with E-state index < -0.39 is 91.5 Å². The predicted molar refractivity (Wildman–Crippen MR) is 380 cm³/mol. The van der Waals surface area contributed by atoms with Crippen molar-refractivity contribution in [3.63, 3.8) is 0 Å². The Bertz CT molecular complexity index is 2320. The number of hydrogen-bond acceptors (Lipinski definition) is 14. The van der Waals surface area contributed by atoms with Gasteiger partial charge in [-0.2, -0.15) is 0 Å². The number of phosphoric ester groups is 2. The minimum absolute atomic E-state index is 0.0389. The molecule has 0 aromatic heterocycles. The highest BCUT2D eigenvalue weighted by atomic mass is 31.2. The van der Waals surface area contributed by atoms with Gasteiger partial charge in [0.05, 0.1) is 26.4 Å². The zero-order valence-corrected chi connectivity index (χ0v) is 58.9. The van der Waals surface area contributed by atoms with Gasteiger partial charge in [-0.1, -0.05) is 249 Å². The van der Waals surface area contributed by atoms with Crippen LogP contribution >= 0.6 is 15.6 Å². The fourth-order valence-corrected chi connectivity index (χ4v) is 10.0. The van der Waals surface area contributed by atoms with E-state index in [2.05, 4.69) is 161 Å². The topological polar surface area (TPSA) is 231 Å². The average molecular weight is 1340 g/mol. The molecule has 5 atom stereocenters. The van der Waals surface area contributed by atoms with Crippen molar-refractivity contribution in [2.45, 2.75) is 257 Å². The number of hydrogen-bond donors (Lipinski definition) is 4. The number of esters is 3. The van der Waals surface area contributed by atoms with Gasteiger partial charge < -0.3 is 34.2 Å². The van der Waals surface area contributed by atoms with Crippen LogP contribution in [0.25, 0.3) is 0 Å². The van der Waals surface area contributed by atoms with Crippen molar-refractivity contribution in [1.29, 1.82) is 0 Å². The Kier molecular flexibility index (Phi) is 63.7. The van der Waals surface area contributed by atoms with Gasteiger partial charge in [0.1, 0.15) is 25.4 Å². The van der Waals surface area contributed by atoms with Crippen LogP contribution in [0.3, 0.4) is 0 Å². The summed E-state index contributed by atoms with van der Waals surface area (Å²) in [5.74, 6) is -1.71. The average Bonchev–Trinajstić information content (AvgIpc) is 2.94. The molecule has 0 saturated carbocycles. The summed E-state index contributed by atoms with van der Waals surface area (Å²) in [7, 11) is -9.81. The molecule has 93 heavy (non-hydrogen) atoms. The smallest absolute Gasteiger partial charge is 0.463 e. The Labute approximate surface area is 561 Å². The number of unbranched alkanes of at least 4 members (excludes halogenated alkanes) is 15. The number of rotatable bonds is 64. The van der Waals surface area contributed by atoms with Crippen molar-refractivity contribution in [2.24, 2.45) is 0 Å². The molecule has 0 amide bonds. The van der Waals surface area contributed by atoms with E-state index in [9.17, 15) is 43.5 Å². The van der Waals surface area contributed by atoms with E-state index >= 15 is 0 Å². The first-order valence-electron chi connectivity index (χ1n) is 34.8. The van der Waals surface area contributed by atoms with Gasteiger partial charge in [0.15, 0.2) is 6.10 Å². The van der Waals surface area contributed by atoms with Crippen LogP contribution in [0, 0.1) is 0 Å². The molecule has 18 heteroatoms. The number of aliphatic hydroxyl groups is 2. The van der Waals surface area contributed by atoms with Crippen LogP contribution in [0.5, 0.6) is 0 Å². The number of allylic oxidation sites excluding steroid dienone is 26. The van der Waals surface area contributed by atoms with Gasteiger partial charge in [-0.05, 0) is 128 Å². The molecule has 4 N–H and O–H groups in total. The van der Waals surface area contributed by atoms with Gasteiger partial charge in [-0.3, -0.25) is 32.5 Å². The lowest BCUT2D eigenvalue weighted by atomic mass is 10.1. The summed E-state index contributed by atoms with van der Waals surface area (Å²) >= 11 is 0. The molecule has 0 aliphatic carbocycles. The molecule has 0 rings (SSSR count). The molecule has 0 aromatic rings. The third-order valence-electron chi connectivity index (χ3n) is 13.7. The van der Waals surface area contributed by atoms with Crippen LogP contribution in [-0.4, -0.2) is 95.9 Å². The zero-order chi connectivity index (χ0) is 68.1. The predicted octanol–water partition coefficient (Wildman–Crippen LogP) is 19.5. The van der Waals surface area contributed by atoms with Crippen molar-refractivity contribution >= 4 is 33.6 Å². The number of carbonyl (C=O) groups excluding carboxylic acids is 3. The number of aliphatic hydroxyl groups excluding tert-OH is 2. The van der Waals surface area contributed by atoms with Crippen molar-refractivity contribution in [3.8, 4) is 0 Å². The van der Waals surface area contributed by atoms with Gasteiger partial charge in [-0.15, -0.1) is 0 Å². The highest BCUT2D eigenvalue weighted by Gasteiger charge is 2.29. The fraction of sp³-hybridized carbons (Fsp3) is 0.613. The molecule has 0 aliphatic heterocycles. The molecule has 0 aromatic carbocycles. The highest BCUT2D eigenvalue weighted by molar-refractivity contribution is 7.47. The molecule has 0 aliphatic rings. The summed E-state index contributed by atoms with van der Waals surface area (Å²) in [5.41, 5.74) is 0. The van der Waals surface area contributed by atoms with E-state index in [1.165, 1.54) is 32.1 Å². The zero-order valence-electron chi connectivity index (χ0n) is 57.1. The van der Waals surface area contributed by atoms with Crippen LogP contribution in [0.4, 0.5) is 0 Å². The normalized spacial score (nSPS) is 15.1. The molecule has 0 fully saturated rings. The third-order valence-corrected chi connectivity index (χ3v) is 15.6. The number of carbonyl (C=O) groups is 3. The second-order valence-corrected chi connectivity index (χ2v) is 25.5. The fourth-order valence-electron chi connectivity index (χ4n) is 8.46. The van der Waals surface area contributed by atoms with Crippen molar-refractivity contribution < 1.29 is 75.8 Å². The summed E-state index contributed by atoms with van der Waals surface area (Å²) in [6.45, 7) is 2.25. The number of ether oxygens (including phenoxy) is 3. The highest BCUT2D eigenvalue weighted by Crippen LogP contribution is 2.45. The summed E-state index contributed by atoms with van der Waals surface area (Å²) < 4.78 is 60.7. The van der Waals surface area contributed by atoms with E-state index in [1.54, 1.807) is 0 Å². The maximum atomic E-state index is 12.9. The van der Waals surface area contributed by atoms with Crippen molar-refractivity contribution in [2.75, 3.05) is 39.6 Å². The van der Waals surface area contributed by atoms with Gasteiger partial charge in [0, 0.05) is 19.3 Å². The Morgan fingerprint density at radius 1 is 0.312 bits per heavy atom. The van der Waals surface area contributed by atoms with Gasteiger partial charge in [0.2, 0.25) is 0 Å². The number of phosphoric acid groups is 2. The first kappa shape index (κ1) is 88.2. The Balaban J connectivity index is 4.58. The van der Waals surface area contributed by atoms with E-state index in [-0.39, 0.29) is 19.3 Å².